The molecule has 1 aliphatic heterocycles. The SMILES string of the molecule is N#CN1CC2CC[C@]2(NC(=O)c2ccc(-c3ccncc3Nc3ccccc3)cc2)C1. The van der Waals surface area contributed by atoms with E-state index >= 15 is 0 Å². The fourth-order valence-electron chi connectivity index (χ4n) is 4.64. The largest absolute Gasteiger partial charge is 0.354 e. The summed E-state index contributed by atoms with van der Waals surface area (Å²) in [5, 5.41) is 15.8. The van der Waals surface area contributed by atoms with E-state index in [1.54, 1.807) is 17.3 Å². The zero-order valence-corrected chi connectivity index (χ0v) is 17.1. The Morgan fingerprint density at radius 3 is 2.65 bits per heavy atom. The van der Waals surface area contributed by atoms with Crippen molar-refractivity contribution < 1.29 is 4.79 Å². The van der Waals surface area contributed by atoms with Crippen LogP contribution in [0.25, 0.3) is 11.1 Å². The summed E-state index contributed by atoms with van der Waals surface area (Å²) in [6.07, 6.45) is 7.80. The topological polar surface area (TPSA) is 81.1 Å². The lowest BCUT2D eigenvalue weighted by Crippen LogP contribution is -2.60. The third-order valence-corrected chi connectivity index (χ3v) is 6.47. The molecule has 3 aromatic rings. The lowest BCUT2D eigenvalue weighted by molar-refractivity contribution is 0.0762. The van der Waals surface area contributed by atoms with Gasteiger partial charge in [-0.1, -0.05) is 30.3 Å². The highest BCUT2D eigenvalue weighted by Crippen LogP contribution is 2.44. The Balaban J connectivity index is 1.33. The second-order valence-electron chi connectivity index (χ2n) is 8.32. The maximum Gasteiger partial charge on any atom is 0.251 e. The van der Waals surface area contributed by atoms with Gasteiger partial charge < -0.3 is 15.5 Å². The zero-order valence-electron chi connectivity index (χ0n) is 17.1. The number of pyridine rings is 1. The Kier molecular flexibility index (Phi) is 4.79. The number of hydrogen-bond donors (Lipinski definition) is 2. The van der Waals surface area contributed by atoms with E-state index in [9.17, 15) is 10.1 Å². The Labute approximate surface area is 181 Å². The van der Waals surface area contributed by atoms with E-state index < -0.39 is 0 Å². The first kappa shape index (κ1) is 19.1. The van der Waals surface area contributed by atoms with Gasteiger partial charge in [0.2, 0.25) is 0 Å². The number of likely N-dealkylation sites (tertiary alicyclic amines) is 1. The molecular formula is C25H23N5O. The van der Waals surface area contributed by atoms with Gasteiger partial charge in [-0.25, -0.2) is 0 Å². The second kappa shape index (κ2) is 7.77. The normalized spacial score (nSPS) is 21.5. The number of anilines is 2. The number of nitrogens with one attached hydrogen (secondary N) is 2. The van der Waals surface area contributed by atoms with Crippen molar-refractivity contribution in [1.29, 1.82) is 5.26 Å². The predicted molar refractivity (Wildman–Crippen MR) is 120 cm³/mol. The average Bonchev–Trinajstić information content (AvgIpc) is 3.05. The lowest BCUT2D eigenvalue weighted by Gasteiger charge is -2.44. The third kappa shape index (κ3) is 3.59. The fraction of sp³-hybridized carbons (Fsp3) is 0.240. The molecule has 2 heterocycles. The highest BCUT2D eigenvalue weighted by Gasteiger charge is 2.54. The number of benzene rings is 2. The van der Waals surface area contributed by atoms with E-state index in [1.165, 1.54) is 0 Å². The summed E-state index contributed by atoms with van der Waals surface area (Å²) in [7, 11) is 0. The molecular weight excluding hydrogens is 386 g/mol. The maximum atomic E-state index is 12.9. The van der Waals surface area contributed by atoms with Crippen LogP contribution in [0.15, 0.2) is 73.1 Å². The van der Waals surface area contributed by atoms with Gasteiger partial charge in [-0.05, 0) is 48.7 Å². The molecule has 1 amide bonds. The summed E-state index contributed by atoms with van der Waals surface area (Å²) in [6, 6.07) is 19.6. The first-order valence-corrected chi connectivity index (χ1v) is 10.5. The van der Waals surface area contributed by atoms with Crippen molar-refractivity contribution >= 4 is 17.3 Å². The van der Waals surface area contributed by atoms with Crippen LogP contribution < -0.4 is 10.6 Å². The van der Waals surface area contributed by atoms with Gasteiger partial charge in [0.05, 0.1) is 24.0 Å². The summed E-state index contributed by atoms with van der Waals surface area (Å²) in [5.41, 5.74) is 4.31. The molecule has 0 bridgehead atoms. The molecule has 2 atom stereocenters. The van der Waals surface area contributed by atoms with Crippen molar-refractivity contribution in [2.24, 2.45) is 5.92 Å². The Morgan fingerprint density at radius 1 is 1.13 bits per heavy atom. The molecule has 0 spiro atoms. The summed E-state index contributed by atoms with van der Waals surface area (Å²) < 4.78 is 0. The number of para-hydroxylation sites is 1. The maximum absolute atomic E-state index is 12.9. The Morgan fingerprint density at radius 2 is 1.94 bits per heavy atom. The van der Waals surface area contributed by atoms with Gasteiger partial charge in [0.15, 0.2) is 6.19 Å². The minimum absolute atomic E-state index is 0.0756. The van der Waals surface area contributed by atoms with E-state index in [-0.39, 0.29) is 11.4 Å². The molecule has 5 rings (SSSR count). The molecule has 1 aromatic heterocycles. The molecule has 2 N–H and O–H groups in total. The van der Waals surface area contributed by atoms with Crippen LogP contribution >= 0.6 is 0 Å². The predicted octanol–water partition coefficient (Wildman–Crippen LogP) is 4.17. The summed E-state index contributed by atoms with van der Waals surface area (Å²) in [4.78, 5) is 18.9. The van der Waals surface area contributed by atoms with Gasteiger partial charge >= 0.3 is 0 Å². The third-order valence-electron chi connectivity index (χ3n) is 6.47. The van der Waals surface area contributed by atoms with Crippen molar-refractivity contribution in [3.05, 3.63) is 78.6 Å². The Hall–Kier alpha value is -3.85. The number of fused-ring (bicyclic) bond motifs is 1. The van der Waals surface area contributed by atoms with Crippen LogP contribution in [0.5, 0.6) is 0 Å². The highest BCUT2D eigenvalue weighted by molar-refractivity contribution is 5.95. The van der Waals surface area contributed by atoms with E-state index in [2.05, 4.69) is 21.8 Å². The molecule has 0 radical (unpaired) electrons. The molecule has 6 heteroatoms. The highest BCUT2D eigenvalue weighted by atomic mass is 16.1. The molecule has 1 aliphatic carbocycles. The van der Waals surface area contributed by atoms with Crippen LogP contribution in [0.1, 0.15) is 23.2 Å². The van der Waals surface area contributed by atoms with Crippen molar-refractivity contribution in [3.8, 4) is 17.3 Å². The molecule has 31 heavy (non-hydrogen) atoms. The molecule has 1 unspecified atom stereocenters. The minimum Gasteiger partial charge on any atom is -0.354 e. The second-order valence-corrected chi connectivity index (χ2v) is 8.32. The zero-order chi connectivity index (χ0) is 21.3. The van der Waals surface area contributed by atoms with Gasteiger partial charge in [-0.15, -0.1) is 0 Å². The van der Waals surface area contributed by atoms with E-state index in [0.29, 0.717) is 18.0 Å². The quantitative estimate of drug-likeness (QED) is 0.618. The minimum atomic E-state index is -0.247. The van der Waals surface area contributed by atoms with E-state index in [1.807, 2.05) is 60.7 Å². The lowest BCUT2D eigenvalue weighted by atomic mass is 9.69. The smallest absolute Gasteiger partial charge is 0.251 e. The number of carbonyl (C=O) groups excluding carboxylic acids is 1. The summed E-state index contributed by atoms with van der Waals surface area (Å²) in [6.45, 7) is 1.36. The standard InChI is InChI=1S/C25H23N5O/c26-17-30-15-20-10-12-25(20,16-30)29-24(31)19-8-6-18(7-9-19)22-11-13-27-14-23(22)28-21-4-2-1-3-5-21/h1-9,11,13-14,20,28H,10,12,15-16H2,(H,29,31)/t20?,25-/m0/s1. The summed E-state index contributed by atoms with van der Waals surface area (Å²) >= 11 is 0. The number of carbonyl (C=O) groups is 1. The van der Waals surface area contributed by atoms with Crippen LogP contribution in [-0.2, 0) is 0 Å². The van der Waals surface area contributed by atoms with Crippen molar-refractivity contribution in [2.75, 3.05) is 18.4 Å². The van der Waals surface area contributed by atoms with Crippen molar-refractivity contribution in [3.63, 3.8) is 0 Å². The van der Waals surface area contributed by atoms with Crippen LogP contribution in [0.4, 0.5) is 11.4 Å². The van der Waals surface area contributed by atoms with Gasteiger partial charge in [0, 0.05) is 35.5 Å². The molecule has 2 aliphatic rings. The molecule has 1 saturated heterocycles. The average molecular weight is 409 g/mol. The van der Waals surface area contributed by atoms with Crippen molar-refractivity contribution in [1.82, 2.24) is 15.2 Å². The van der Waals surface area contributed by atoms with Gasteiger partial charge in [0.1, 0.15) is 0 Å². The molecule has 1 saturated carbocycles. The molecule has 2 aromatic carbocycles. The number of nitrogens with zero attached hydrogens (tertiary/aromatic N) is 3. The van der Waals surface area contributed by atoms with Gasteiger partial charge in [-0.3, -0.25) is 9.78 Å². The molecule has 6 nitrogen and oxygen atoms in total. The number of rotatable bonds is 5. The molecule has 154 valence electrons. The number of nitriles is 1. The van der Waals surface area contributed by atoms with Gasteiger partial charge in [0.25, 0.3) is 5.91 Å². The number of hydrogen-bond acceptors (Lipinski definition) is 5. The van der Waals surface area contributed by atoms with Crippen LogP contribution in [0.3, 0.4) is 0 Å². The van der Waals surface area contributed by atoms with Crippen LogP contribution in [-0.4, -0.2) is 34.4 Å². The van der Waals surface area contributed by atoms with Crippen LogP contribution in [0, 0.1) is 17.4 Å². The van der Waals surface area contributed by atoms with Crippen molar-refractivity contribution in [2.45, 2.75) is 18.4 Å². The number of aromatic nitrogens is 1. The first-order chi connectivity index (χ1) is 15.2. The van der Waals surface area contributed by atoms with Crippen LogP contribution in [0.2, 0.25) is 0 Å². The molecule has 2 fully saturated rings. The monoisotopic (exact) mass is 409 g/mol. The van der Waals surface area contributed by atoms with Gasteiger partial charge in [-0.2, -0.15) is 5.26 Å². The fourth-order valence-corrected chi connectivity index (χ4v) is 4.64. The van der Waals surface area contributed by atoms with E-state index in [4.69, 9.17) is 0 Å². The summed E-state index contributed by atoms with van der Waals surface area (Å²) in [5.74, 6) is 0.298. The number of amides is 1. The van der Waals surface area contributed by atoms with E-state index in [0.717, 1.165) is 41.9 Å². The first-order valence-electron chi connectivity index (χ1n) is 10.5. The Bertz CT molecular complexity index is 1140.